The van der Waals surface area contributed by atoms with Gasteiger partial charge < -0.3 is 14.8 Å². The van der Waals surface area contributed by atoms with Gasteiger partial charge >= 0.3 is 6.09 Å². The lowest BCUT2D eigenvalue weighted by atomic mass is 10.1. The van der Waals surface area contributed by atoms with E-state index in [0.717, 1.165) is 22.4 Å². The molecular formula is C19H19NO3. The number of carbonyl (C=O) groups excluding carboxylic acids is 1. The van der Waals surface area contributed by atoms with Crippen LogP contribution in [-0.4, -0.2) is 19.7 Å². The maximum Gasteiger partial charge on any atom is 0.408 e. The second-order valence-electron chi connectivity index (χ2n) is 4.90. The zero-order valence-electron chi connectivity index (χ0n) is 13.3. The Morgan fingerprint density at radius 2 is 1.96 bits per heavy atom. The summed E-state index contributed by atoms with van der Waals surface area (Å²) in [6.07, 6.45) is -0.477. The monoisotopic (exact) mass is 309 g/mol. The Morgan fingerprint density at radius 1 is 1.17 bits per heavy atom. The molecule has 1 amide bonds. The van der Waals surface area contributed by atoms with E-state index < -0.39 is 6.09 Å². The number of nitrogens with one attached hydrogen (secondary N) is 1. The highest BCUT2D eigenvalue weighted by Crippen LogP contribution is 2.15. The average molecular weight is 309 g/mol. The SMILES string of the molecule is COc1ccc(C#CCNC(=O)OCc2ccccc2)c(C)c1. The third-order valence-corrected chi connectivity index (χ3v) is 3.19. The summed E-state index contributed by atoms with van der Waals surface area (Å²) >= 11 is 0. The fourth-order valence-corrected chi connectivity index (χ4v) is 1.93. The number of ether oxygens (including phenoxy) is 2. The van der Waals surface area contributed by atoms with Gasteiger partial charge in [0.1, 0.15) is 12.4 Å². The van der Waals surface area contributed by atoms with Crippen LogP contribution in [0.5, 0.6) is 5.75 Å². The molecule has 118 valence electrons. The number of rotatable bonds is 4. The average Bonchev–Trinajstić information content (AvgIpc) is 2.58. The van der Waals surface area contributed by atoms with Gasteiger partial charge in [0.25, 0.3) is 0 Å². The Labute approximate surface area is 136 Å². The topological polar surface area (TPSA) is 47.6 Å². The first kappa shape index (κ1) is 16.4. The van der Waals surface area contributed by atoms with Crippen LogP contribution in [0.25, 0.3) is 0 Å². The smallest absolute Gasteiger partial charge is 0.408 e. The number of alkyl carbamates (subject to hydrolysis) is 1. The highest BCUT2D eigenvalue weighted by Gasteiger charge is 2.00. The van der Waals surface area contributed by atoms with Crippen LogP contribution in [-0.2, 0) is 11.3 Å². The molecule has 0 bridgehead atoms. The summed E-state index contributed by atoms with van der Waals surface area (Å²) in [6, 6.07) is 15.2. The summed E-state index contributed by atoms with van der Waals surface area (Å²) in [7, 11) is 1.63. The molecule has 0 saturated carbocycles. The lowest BCUT2D eigenvalue weighted by molar-refractivity contribution is 0.141. The third kappa shape index (κ3) is 5.40. The Morgan fingerprint density at radius 3 is 2.65 bits per heavy atom. The van der Waals surface area contributed by atoms with E-state index >= 15 is 0 Å². The predicted molar refractivity (Wildman–Crippen MR) is 89.2 cm³/mol. The van der Waals surface area contributed by atoms with Crippen molar-refractivity contribution >= 4 is 6.09 Å². The molecule has 4 heteroatoms. The normalized spacial score (nSPS) is 9.48. The number of hydrogen-bond acceptors (Lipinski definition) is 3. The second kappa shape index (κ2) is 8.50. The summed E-state index contributed by atoms with van der Waals surface area (Å²) in [5, 5.41) is 2.61. The lowest BCUT2D eigenvalue weighted by Crippen LogP contribution is -2.24. The minimum Gasteiger partial charge on any atom is -0.497 e. The number of hydrogen-bond donors (Lipinski definition) is 1. The minimum absolute atomic E-state index is 0.235. The van der Waals surface area contributed by atoms with Crippen molar-refractivity contribution < 1.29 is 14.3 Å². The van der Waals surface area contributed by atoms with E-state index in [1.807, 2.05) is 55.5 Å². The third-order valence-electron chi connectivity index (χ3n) is 3.19. The van der Waals surface area contributed by atoms with E-state index in [-0.39, 0.29) is 13.2 Å². The van der Waals surface area contributed by atoms with Crippen molar-refractivity contribution in [2.75, 3.05) is 13.7 Å². The van der Waals surface area contributed by atoms with Gasteiger partial charge in [-0.3, -0.25) is 0 Å². The van der Waals surface area contributed by atoms with Gasteiger partial charge in [-0.15, -0.1) is 0 Å². The first-order chi connectivity index (χ1) is 11.2. The van der Waals surface area contributed by atoms with E-state index in [1.54, 1.807) is 7.11 Å². The van der Waals surface area contributed by atoms with Crippen molar-refractivity contribution in [2.45, 2.75) is 13.5 Å². The van der Waals surface area contributed by atoms with E-state index in [9.17, 15) is 4.79 Å². The van der Waals surface area contributed by atoms with Crippen LogP contribution in [0, 0.1) is 18.8 Å². The number of benzene rings is 2. The molecule has 2 rings (SSSR count). The molecule has 0 saturated heterocycles. The molecule has 1 N–H and O–H groups in total. The van der Waals surface area contributed by atoms with E-state index in [0.29, 0.717) is 0 Å². The lowest BCUT2D eigenvalue weighted by Gasteiger charge is -2.04. The van der Waals surface area contributed by atoms with Crippen LogP contribution in [0.2, 0.25) is 0 Å². The molecule has 0 radical (unpaired) electrons. The standard InChI is InChI=1S/C19H19NO3/c1-15-13-18(22-2)11-10-17(15)9-6-12-20-19(21)23-14-16-7-4-3-5-8-16/h3-5,7-8,10-11,13H,12,14H2,1-2H3,(H,20,21). The molecule has 0 spiro atoms. The maximum atomic E-state index is 11.6. The predicted octanol–water partition coefficient (Wildman–Crippen LogP) is 3.28. The number of carbonyl (C=O) groups is 1. The molecule has 0 unspecified atom stereocenters. The summed E-state index contributed by atoms with van der Waals surface area (Å²) in [5.41, 5.74) is 2.89. The first-order valence-corrected chi connectivity index (χ1v) is 7.27. The van der Waals surface area contributed by atoms with Crippen LogP contribution >= 0.6 is 0 Å². The molecule has 2 aromatic carbocycles. The van der Waals surface area contributed by atoms with Gasteiger partial charge in [-0.05, 0) is 36.2 Å². The Hall–Kier alpha value is -2.93. The van der Waals surface area contributed by atoms with Gasteiger partial charge in [-0.25, -0.2) is 4.79 Å². The van der Waals surface area contributed by atoms with Crippen molar-refractivity contribution in [1.29, 1.82) is 0 Å². The Bertz CT molecular complexity index is 714. The summed E-state index contributed by atoms with van der Waals surface area (Å²) in [5.74, 6) is 6.73. The van der Waals surface area contributed by atoms with Crippen molar-refractivity contribution in [3.63, 3.8) is 0 Å². The molecule has 0 aliphatic carbocycles. The summed E-state index contributed by atoms with van der Waals surface area (Å²) in [4.78, 5) is 11.6. The largest absolute Gasteiger partial charge is 0.497 e. The molecule has 0 aliphatic heterocycles. The summed E-state index contributed by atoms with van der Waals surface area (Å²) in [6.45, 7) is 2.45. The van der Waals surface area contributed by atoms with E-state index in [1.165, 1.54) is 0 Å². The highest BCUT2D eigenvalue weighted by atomic mass is 16.5. The fourth-order valence-electron chi connectivity index (χ4n) is 1.93. The molecule has 4 nitrogen and oxygen atoms in total. The van der Waals surface area contributed by atoms with Crippen molar-refractivity contribution in [2.24, 2.45) is 0 Å². The Kier molecular flexibility index (Phi) is 6.07. The van der Waals surface area contributed by atoms with Gasteiger partial charge in [0.05, 0.1) is 13.7 Å². The Balaban J connectivity index is 1.78. The highest BCUT2D eigenvalue weighted by molar-refractivity contribution is 5.67. The molecule has 2 aromatic rings. The number of amides is 1. The number of aryl methyl sites for hydroxylation is 1. The molecule has 0 atom stereocenters. The zero-order valence-corrected chi connectivity index (χ0v) is 13.3. The fraction of sp³-hybridized carbons (Fsp3) is 0.211. The van der Waals surface area contributed by atoms with E-state index in [4.69, 9.17) is 9.47 Å². The van der Waals surface area contributed by atoms with E-state index in [2.05, 4.69) is 17.2 Å². The van der Waals surface area contributed by atoms with Crippen LogP contribution in [0.4, 0.5) is 4.79 Å². The van der Waals surface area contributed by atoms with Crippen molar-refractivity contribution in [3.8, 4) is 17.6 Å². The molecule has 23 heavy (non-hydrogen) atoms. The van der Waals surface area contributed by atoms with Crippen molar-refractivity contribution in [3.05, 3.63) is 65.2 Å². The van der Waals surface area contributed by atoms with Gasteiger partial charge in [0.15, 0.2) is 0 Å². The quantitative estimate of drug-likeness (QED) is 0.882. The van der Waals surface area contributed by atoms with Crippen LogP contribution in [0.1, 0.15) is 16.7 Å². The van der Waals surface area contributed by atoms with Gasteiger partial charge in [0, 0.05) is 5.56 Å². The van der Waals surface area contributed by atoms with Crippen LogP contribution < -0.4 is 10.1 Å². The minimum atomic E-state index is -0.477. The zero-order chi connectivity index (χ0) is 16.5. The van der Waals surface area contributed by atoms with Gasteiger partial charge in [-0.1, -0.05) is 42.2 Å². The molecule has 0 heterocycles. The van der Waals surface area contributed by atoms with Crippen LogP contribution in [0.3, 0.4) is 0 Å². The van der Waals surface area contributed by atoms with Gasteiger partial charge in [0.2, 0.25) is 0 Å². The number of methoxy groups -OCH3 is 1. The summed E-state index contributed by atoms with van der Waals surface area (Å²) < 4.78 is 10.2. The molecule has 0 fully saturated rings. The van der Waals surface area contributed by atoms with Crippen LogP contribution in [0.15, 0.2) is 48.5 Å². The first-order valence-electron chi connectivity index (χ1n) is 7.27. The van der Waals surface area contributed by atoms with Crippen molar-refractivity contribution in [1.82, 2.24) is 5.32 Å². The molecule has 0 aliphatic rings. The molecule has 0 aromatic heterocycles. The molecular weight excluding hydrogens is 290 g/mol. The maximum absolute atomic E-state index is 11.6. The second-order valence-corrected chi connectivity index (χ2v) is 4.90. The van der Waals surface area contributed by atoms with Gasteiger partial charge in [-0.2, -0.15) is 0 Å².